The fraction of sp³-hybridized carbons (Fsp3) is 0.292. The van der Waals surface area contributed by atoms with Crippen molar-refractivity contribution in [2.75, 3.05) is 24.1 Å². The quantitative estimate of drug-likeness (QED) is 0.264. The van der Waals surface area contributed by atoms with Gasteiger partial charge in [0, 0.05) is 18.7 Å². The van der Waals surface area contributed by atoms with Crippen LogP contribution in [0.3, 0.4) is 0 Å². The lowest BCUT2D eigenvalue weighted by molar-refractivity contribution is 0.0470. The van der Waals surface area contributed by atoms with Crippen LogP contribution < -0.4 is 15.5 Å². The molecule has 0 spiro atoms. The van der Waals surface area contributed by atoms with Gasteiger partial charge in [-0.2, -0.15) is 4.98 Å². The van der Waals surface area contributed by atoms with E-state index in [0.717, 1.165) is 18.1 Å². The van der Waals surface area contributed by atoms with Gasteiger partial charge in [0.1, 0.15) is 6.26 Å². The molecule has 0 saturated heterocycles. The van der Waals surface area contributed by atoms with Crippen LogP contribution in [-0.2, 0) is 16.4 Å². The van der Waals surface area contributed by atoms with Gasteiger partial charge in [-0.3, -0.25) is 15.0 Å². The van der Waals surface area contributed by atoms with Gasteiger partial charge in [0.25, 0.3) is 11.8 Å². The van der Waals surface area contributed by atoms with E-state index in [1.807, 2.05) is 43.3 Å². The molecule has 1 aromatic heterocycles. The van der Waals surface area contributed by atoms with Crippen LogP contribution in [-0.4, -0.2) is 66.8 Å². The Morgan fingerprint density at radius 1 is 1.06 bits per heavy atom. The smallest absolute Gasteiger partial charge is 0.309 e. The molecule has 36 heavy (non-hydrogen) atoms. The van der Waals surface area contributed by atoms with Crippen LogP contribution >= 0.6 is 0 Å². The largest absolute Gasteiger partial charge is 0.431 e. The third-order valence-corrected chi connectivity index (χ3v) is 5.72. The summed E-state index contributed by atoms with van der Waals surface area (Å²) in [5.41, 5.74) is 3.96. The number of hydrogen-bond donors (Lipinski definition) is 4. The molecule has 2 amide bonds. The molecule has 2 aromatic carbocycles. The van der Waals surface area contributed by atoms with Gasteiger partial charge < -0.3 is 14.8 Å². The lowest BCUT2D eigenvalue weighted by Crippen LogP contribution is -2.53. The second-order valence-electron chi connectivity index (χ2n) is 8.09. The molecule has 4 N–H and O–H groups in total. The van der Waals surface area contributed by atoms with Crippen LogP contribution in [0.2, 0.25) is 0 Å². The number of anilines is 1. The summed E-state index contributed by atoms with van der Waals surface area (Å²) in [4.78, 5) is 29.2. The van der Waals surface area contributed by atoms with Crippen molar-refractivity contribution in [3.05, 3.63) is 83.7 Å². The maximum atomic E-state index is 12.8. The van der Waals surface area contributed by atoms with Gasteiger partial charge in [-0.1, -0.05) is 55.5 Å². The number of aliphatic hydroxyl groups is 1. The van der Waals surface area contributed by atoms with E-state index in [-0.39, 0.29) is 24.2 Å². The van der Waals surface area contributed by atoms with Crippen LogP contribution in [0.5, 0.6) is 0 Å². The minimum atomic E-state index is -3.63. The molecule has 0 saturated carbocycles. The SMILES string of the molecule is CCN(CC(O)C(Cc1ccccc1)NC(=O)c1coc(NS(C)(=O)=O)n1)NC(=O)c1ccccc1. The number of aromatic nitrogens is 1. The van der Waals surface area contributed by atoms with E-state index in [4.69, 9.17) is 4.42 Å². The molecule has 192 valence electrons. The average Bonchev–Trinajstić information content (AvgIpc) is 3.31. The van der Waals surface area contributed by atoms with Crippen LogP contribution in [0.1, 0.15) is 33.3 Å². The monoisotopic (exact) mass is 515 g/mol. The lowest BCUT2D eigenvalue weighted by Gasteiger charge is -2.29. The molecule has 0 aliphatic rings. The zero-order valence-corrected chi connectivity index (χ0v) is 20.7. The first kappa shape index (κ1) is 26.9. The van der Waals surface area contributed by atoms with Gasteiger partial charge >= 0.3 is 6.01 Å². The number of sulfonamides is 1. The van der Waals surface area contributed by atoms with E-state index in [0.29, 0.717) is 18.5 Å². The second-order valence-corrected chi connectivity index (χ2v) is 9.84. The predicted octanol–water partition coefficient (Wildman–Crippen LogP) is 1.42. The van der Waals surface area contributed by atoms with Gasteiger partial charge in [0.05, 0.1) is 18.4 Å². The molecule has 1 heterocycles. The van der Waals surface area contributed by atoms with Crippen molar-refractivity contribution in [3.63, 3.8) is 0 Å². The Balaban J connectivity index is 1.72. The number of rotatable bonds is 12. The molecule has 12 heteroatoms. The number of carbonyl (C=O) groups excluding carboxylic acids is 2. The zero-order chi connectivity index (χ0) is 26.1. The normalized spacial score (nSPS) is 13.1. The topological polar surface area (TPSA) is 154 Å². The van der Waals surface area contributed by atoms with E-state index in [1.165, 1.54) is 0 Å². The summed E-state index contributed by atoms with van der Waals surface area (Å²) in [5.74, 6) is -0.974. The highest BCUT2D eigenvalue weighted by atomic mass is 32.2. The Labute approximate surface area is 209 Å². The van der Waals surface area contributed by atoms with Crippen molar-refractivity contribution in [1.29, 1.82) is 0 Å². The number of benzene rings is 2. The van der Waals surface area contributed by atoms with Gasteiger partial charge in [-0.05, 0) is 24.1 Å². The molecule has 2 unspecified atom stereocenters. The third-order valence-electron chi connectivity index (χ3n) is 5.17. The van der Waals surface area contributed by atoms with Crippen molar-refractivity contribution in [1.82, 2.24) is 20.7 Å². The average molecular weight is 516 g/mol. The first-order valence-corrected chi connectivity index (χ1v) is 13.1. The molecule has 2 atom stereocenters. The second kappa shape index (κ2) is 12.3. The number of oxazole rings is 1. The van der Waals surface area contributed by atoms with Crippen molar-refractivity contribution < 1.29 is 27.5 Å². The van der Waals surface area contributed by atoms with E-state index >= 15 is 0 Å². The van der Waals surface area contributed by atoms with Crippen molar-refractivity contribution in [2.24, 2.45) is 0 Å². The van der Waals surface area contributed by atoms with Gasteiger partial charge in [0.2, 0.25) is 10.0 Å². The minimum Gasteiger partial charge on any atom is -0.431 e. The summed E-state index contributed by atoms with van der Waals surface area (Å²) in [6.45, 7) is 2.27. The first-order valence-electron chi connectivity index (χ1n) is 11.2. The first-order chi connectivity index (χ1) is 17.1. The molecule has 3 rings (SSSR count). The number of likely N-dealkylation sites (N-methyl/N-ethyl adjacent to an activating group) is 1. The standard InChI is InChI=1S/C24H29N5O6S/c1-3-29(27-22(31)18-12-8-5-9-13-18)15-21(30)19(14-17-10-6-4-7-11-17)25-23(32)20-16-35-24(26-20)28-36(2,33)34/h4-13,16,19,21,30H,3,14-15H2,1-2H3,(H,25,32)(H,26,28)(H,27,31). The summed E-state index contributed by atoms with van der Waals surface area (Å²) in [6, 6.07) is 16.9. The van der Waals surface area contributed by atoms with Crippen LogP contribution in [0, 0.1) is 0 Å². The summed E-state index contributed by atoms with van der Waals surface area (Å²) >= 11 is 0. The number of hydrazine groups is 1. The van der Waals surface area contributed by atoms with Gasteiger partial charge in [0.15, 0.2) is 5.69 Å². The van der Waals surface area contributed by atoms with Crippen molar-refractivity contribution >= 4 is 27.9 Å². The summed E-state index contributed by atoms with van der Waals surface area (Å²) < 4.78 is 29.8. The summed E-state index contributed by atoms with van der Waals surface area (Å²) in [5, 5.41) is 15.4. The molecular weight excluding hydrogens is 486 g/mol. The Bertz CT molecular complexity index is 1250. The number of hydrogen-bond acceptors (Lipinski definition) is 8. The van der Waals surface area contributed by atoms with Gasteiger partial charge in [-0.25, -0.2) is 18.1 Å². The van der Waals surface area contributed by atoms with Crippen molar-refractivity contribution in [3.8, 4) is 0 Å². The lowest BCUT2D eigenvalue weighted by atomic mass is 10.0. The molecule has 0 radical (unpaired) electrons. The van der Waals surface area contributed by atoms with E-state index < -0.39 is 28.1 Å². The minimum absolute atomic E-state index is 0.0343. The Hall–Kier alpha value is -3.74. The van der Waals surface area contributed by atoms with Gasteiger partial charge in [-0.15, -0.1) is 0 Å². The van der Waals surface area contributed by atoms with E-state index in [9.17, 15) is 23.1 Å². The molecule has 3 aromatic rings. The van der Waals surface area contributed by atoms with Crippen molar-refractivity contribution in [2.45, 2.75) is 25.5 Å². The highest BCUT2D eigenvalue weighted by molar-refractivity contribution is 7.91. The van der Waals surface area contributed by atoms with Crippen LogP contribution in [0.15, 0.2) is 71.3 Å². The Kier molecular flexibility index (Phi) is 9.17. The number of amides is 2. The third kappa shape index (κ3) is 8.18. The highest BCUT2D eigenvalue weighted by Gasteiger charge is 2.26. The zero-order valence-electron chi connectivity index (χ0n) is 19.9. The maximum Gasteiger partial charge on any atom is 0.309 e. The summed E-state index contributed by atoms with van der Waals surface area (Å²) in [7, 11) is -3.63. The summed E-state index contributed by atoms with van der Waals surface area (Å²) in [6.07, 6.45) is 1.17. The van der Waals surface area contributed by atoms with Crippen LogP contribution in [0.25, 0.3) is 0 Å². The number of aliphatic hydroxyl groups excluding tert-OH is 1. The number of nitrogens with zero attached hydrogens (tertiary/aromatic N) is 2. The predicted molar refractivity (Wildman–Crippen MR) is 134 cm³/mol. The Morgan fingerprint density at radius 2 is 1.69 bits per heavy atom. The molecule has 0 bridgehead atoms. The maximum absolute atomic E-state index is 12.8. The number of carbonyl (C=O) groups is 2. The van der Waals surface area contributed by atoms with Crippen LogP contribution in [0.4, 0.5) is 6.01 Å². The molecule has 0 aliphatic heterocycles. The van der Waals surface area contributed by atoms with E-state index in [1.54, 1.807) is 29.3 Å². The molecule has 0 aliphatic carbocycles. The Morgan fingerprint density at radius 3 is 2.31 bits per heavy atom. The fourth-order valence-electron chi connectivity index (χ4n) is 3.38. The molecule has 0 fully saturated rings. The number of nitrogens with one attached hydrogen (secondary N) is 3. The molecular formula is C24H29N5O6S. The van der Waals surface area contributed by atoms with E-state index in [2.05, 4.69) is 20.4 Å². The highest BCUT2D eigenvalue weighted by Crippen LogP contribution is 2.12. The molecule has 11 nitrogen and oxygen atoms in total. The fourth-order valence-corrected chi connectivity index (χ4v) is 3.79.